The van der Waals surface area contributed by atoms with E-state index in [0.29, 0.717) is 23.4 Å². The third-order valence-corrected chi connectivity index (χ3v) is 6.03. The number of amides is 3. The lowest BCUT2D eigenvalue weighted by Crippen LogP contribution is -2.43. The van der Waals surface area contributed by atoms with Gasteiger partial charge >= 0.3 is 12.2 Å². The zero-order valence-electron chi connectivity index (χ0n) is 23.9. The van der Waals surface area contributed by atoms with E-state index in [1.54, 1.807) is 46.8 Å². The van der Waals surface area contributed by atoms with Crippen molar-refractivity contribution >= 4 is 18.1 Å². The number of primary amides is 1. The maximum absolute atomic E-state index is 13.4. The number of hydrogen-bond donors (Lipinski definition) is 4. The molecule has 220 valence electrons. The van der Waals surface area contributed by atoms with Gasteiger partial charge in [-0.25, -0.2) is 9.59 Å². The predicted octanol–water partition coefficient (Wildman–Crippen LogP) is 3.76. The number of carbonyl (C=O) groups excluding carboxylic acids is 3. The van der Waals surface area contributed by atoms with Crippen LogP contribution >= 0.6 is 0 Å². The van der Waals surface area contributed by atoms with Crippen molar-refractivity contribution in [3.63, 3.8) is 0 Å². The number of nitrogens with zero attached hydrogens (tertiary/aromatic N) is 2. The van der Waals surface area contributed by atoms with Crippen LogP contribution in [0.1, 0.15) is 67.2 Å². The van der Waals surface area contributed by atoms with Gasteiger partial charge in [-0.05, 0) is 75.4 Å². The molecular weight excluding hydrogens is 530 g/mol. The van der Waals surface area contributed by atoms with E-state index in [1.165, 1.54) is 0 Å². The standard InChI is InChI=1S/C29H37N5O7/c1-17-13-20(35)14-18(2)21(17)16-23(39-27(30)37)25(36)32-22(11-12-31-28(38)40-29(3,4)5)26-33-24(34-41-26)15-19-9-7-6-8-10-19/h6-10,13-14,22-23,35H,11-12,15-16H2,1-5H3,(H2,30,37)(H,31,38)(H,32,36)/t22-,23?/m0/s1. The first-order chi connectivity index (χ1) is 19.3. The fourth-order valence-corrected chi connectivity index (χ4v) is 4.22. The number of ether oxygens (including phenoxy) is 2. The summed E-state index contributed by atoms with van der Waals surface area (Å²) in [7, 11) is 0. The second-order valence-electron chi connectivity index (χ2n) is 10.7. The number of carbonyl (C=O) groups is 3. The molecule has 0 bridgehead atoms. The molecule has 0 spiro atoms. The summed E-state index contributed by atoms with van der Waals surface area (Å²) in [4.78, 5) is 41.8. The lowest BCUT2D eigenvalue weighted by Gasteiger charge is -2.23. The summed E-state index contributed by atoms with van der Waals surface area (Å²) >= 11 is 0. The third-order valence-electron chi connectivity index (χ3n) is 6.03. The Morgan fingerprint density at radius 1 is 1.10 bits per heavy atom. The van der Waals surface area contributed by atoms with Crippen LogP contribution < -0.4 is 16.4 Å². The van der Waals surface area contributed by atoms with Gasteiger partial charge in [-0.2, -0.15) is 4.98 Å². The van der Waals surface area contributed by atoms with Gasteiger partial charge in [-0.3, -0.25) is 4.79 Å². The molecule has 3 aromatic rings. The van der Waals surface area contributed by atoms with Crippen molar-refractivity contribution in [1.29, 1.82) is 0 Å². The molecule has 1 aromatic heterocycles. The fourth-order valence-electron chi connectivity index (χ4n) is 4.22. The van der Waals surface area contributed by atoms with E-state index >= 15 is 0 Å². The first-order valence-corrected chi connectivity index (χ1v) is 13.2. The number of nitrogens with two attached hydrogens (primary N) is 1. The van der Waals surface area contributed by atoms with Crippen LogP contribution in [0.25, 0.3) is 0 Å². The van der Waals surface area contributed by atoms with E-state index in [1.807, 2.05) is 30.3 Å². The Morgan fingerprint density at radius 3 is 2.37 bits per heavy atom. The minimum absolute atomic E-state index is 0.0126. The Balaban J connectivity index is 1.81. The maximum Gasteiger partial charge on any atom is 0.407 e. The Kier molecular flexibility index (Phi) is 10.3. The summed E-state index contributed by atoms with van der Waals surface area (Å²) in [5.74, 6) is -0.0440. The van der Waals surface area contributed by atoms with Crippen LogP contribution in [0.15, 0.2) is 47.0 Å². The number of benzene rings is 2. The molecule has 2 atom stereocenters. The average Bonchev–Trinajstić information content (AvgIpc) is 3.32. The summed E-state index contributed by atoms with van der Waals surface area (Å²) in [6.45, 7) is 8.90. The van der Waals surface area contributed by atoms with Crippen molar-refractivity contribution in [3.8, 4) is 5.75 Å². The average molecular weight is 568 g/mol. The Morgan fingerprint density at radius 2 is 1.76 bits per heavy atom. The van der Waals surface area contributed by atoms with Crippen molar-refractivity contribution < 1.29 is 33.5 Å². The number of phenols is 1. The van der Waals surface area contributed by atoms with Crippen molar-refractivity contribution in [3.05, 3.63) is 76.4 Å². The van der Waals surface area contributed by atoms with Gasteiger partial charge in [0.15, 0.2) is 11.9 Å². The highest BCUT2D eigenvalue weighted by molar-refractivity contribution is 5.84. The second kappa shape index (κ2) is 13.6. The highest BCUT2D eigenvalue weighted by atomic mass is 16.6. The minimum Gasteiger partial charge on any atom is -0.508 e. The maximum atomic E-state index is 13.4. The number of aryl methyl sites for hydroxylation is 2. The largest absolute Gasteiger partial charge is 0.508 e. The topological polar surface area (TPSA) is 179 Å². The van der Waals surface area contributed by atoms with E-state index in [0.717, 1.165) is 11.1 Å². The molecular formula is C29H37N5O7. The van der Waals surface area contributed by atoms with Crippen molar-refractivity contribution in [1.82, 2.24) is 20.8 Å². The van der Waals surface area contributed by atoms with Crippen LogP contribution in [-0.4, -0.2) is 51.6 Å². The molecule has 3 rings (SSSR count). The van der Waals surface area contributed by atoms with E-state index in [2.05, 4.69) is 20.8 Å². The Bertz CT molecular complexity index is 1330. The molecule has 0 aliphatic heterocycles. The molecule has 0 saturated heterocycles. The highest BCUT2D eigenvalue weighted by Gasteiger charge is 2.29. The van der Waals surface area contributed by atoms with E-state index in [4.69, 9.17) is 19.7 Å². The first kappa shape index (κ1) is 30.9. The molecule has 0 fully saturated rings. The molecule has 0 aliphatic carbocycles. The SMILES string of the molecule is Cc1cc(O)cc(C)c1CC(OC(N)=O)C(=O)N[C@@H](CCNC(=O)OC(C)(C)C)c1nc(Cc2ccccc2)no1. The van der Waals surface area contributed by atoms with Crippen molar-refractivity contribution in [2.24, 2.45) is 5.73 Å². The molecule has 2 aromatic carbocycles. The molecule has 12 heteroatoms. The van der Waals surface area contributed by atoms with Gasteiger partial charge in [0.2, 0.25) is 5.89 Å². The van der Waals surface area contributed by atoms with Crippen LogP contribution in [0.4, 0.5) is 9.59 Å². The van der Waals surface area contributed by atoms with E-state index in [-0.39, 0.29) is 31.0 Å². The fraction of sp³-hybridized carbons (Fsp3) is 0.414. The number of hydrogen-bond acceptors (Lipinski definition) is 9. The zero-order valence-corrected chi connectivity index (χ0v) is 23.9. The number of rotatable bonds is 11. The summed E-state index contributed by atoms with van der Waals surface area (Å²) in [5.41, 5.74) is 7.73. The normalized spacial score (nSPS) is 12.7. The number of alkyl carbamates (subject to hydrolysis) is 1. The van der Waals surface area contributed by atoms with Crippen molar-refractivity contribution in [2.45, 2.75) is 71.6 Å². The van der Waals surface area contributed by atoms with Crippen LogP contribution in [0.5, 0.6) is 5.75 Å². The van der Waals surface area contributed by atoms with Crippen molar-refractivity contribution in [2.75, 3.05) is 6.54 Å². The summed E-state index contributed by atoms with van der Waals surface area (Å²) < 4.78 is 15.9. The number of phenolic OH excluding ortho intramolecular Hbond substituents is 1. The van der Waals surface area contributed by atoms with Gasteiger partial charge in [0.1, 0.15) is 17.4 Å². The summed E-state index contributed by atoms with van der Waals surface area (Å²) in [6.07, 6.45) is -2.44. The molecule has 41 heavy (non-hydrogen) atoms. The molecule has 0 aliphatic rings. The highest BCUT2D eigenvalue weighted by Crippen LogP contribution is 2.24. The summed E-state index contributed by atoms with van der Waals surface area (Å²) in [5, 5.41) is 19.4. The number of aromatic hydroxyl groups is 1. The van der Waals surface area contributed by atoms with Gasteiger partial charge in [0.25, 0.3) is 5.91 Å². The molecule has 0 radical (unpaired) electrons. The van der Waals surface area contributed by atoms with Crippen LogP contribution in [0.2, 0.25) is 0 Å². The summed E-state index contributed by atoms with van der Waals surface area (Å²) in [6, 6.07) is 11.8. The molecule has 1 heterocycles. The third kappa shape index (κ3) is 9.82. The quantitative estimate of drug-likeness (QED) is 0.268. The minimum atomic E-state index is -1.29. The lowest BCUT2D eigenvalue weighted by molar-refractivity contribution is -0.130. The number of nitrogens with one attached hydrogen (secondary N) is 2. The molecule has 12 nitrogen and oxygen atoms in total. The second-order valence-corrected chi connectivity index (χ2v) is 10.7. The van der Waals surface area contributed by atoms with Gasteiger partial charge in [-0.15, -0.1) is 0 Å². The van der Waals surface area contributed by atoms with Gasteiger partial charge < -0.3 is 35.5 Å². The van der Waals surface area contributed by atoms with Gasteiger partial charge in [-0.1, -0.05) is 35.5 Å². The Labute approximate surface area is 238 Å². The van der Waals surface area contributed by atoms with Crippen LogP contribution in [-0.2, 0) is 27.1 Å². The van der Waals surface area contributed by atoms with Crippen LogP contribution in [0.3, 0.4) is 0 Å². The monoisotopic (exact) mass is 567 g/mol. The Hall–Kier alpha value is -4.61. The zero-order chi connectivity index (χ0) is 30.2. The van der Waals surface area contributed by atoms with E-state index < -0.39 is 35.8 Å². The first-order valence-electron chi connectivity index (χ1n) is 13.2. The molecule has 3 amide bonds. The van der Waals surface area contributed by atoms with Gasteiger partial charge in [0, 0.05) is 19.4 Å². The predicted molar refractivity (Wildman–Crippen MR) is 149 cm³/mol. The van der Waals surface area contributed by atoms with E-state index in [9.17, 15) is 19.5 Å². The number of aromatic nitrogens is 2. The smallest absolute Gasteiger partial charge is 0.407 e. The van der Waals surface area contributed by atoms with Crippen LogP contribution in [0, 0.1) is 13.8 Å². The lowest BCUT2D eigenvalue weighted by atomic mass is 9.96. The molecule has 5 N–H and O–H groups in total. The van der Waals surface area contributed by atoms with Gasteiger partial charge in [0.05, 0.1) is 0 Å². The molecule has 1 unspecified atom stereocenters. The molecule has 0 saturated carbocycles.